The molecule has 1 N–H and O–H groups in total. The lowest BCUT2D eigenvalue weighted by Crippen LogP contribution is -2.33. The number of fused-ring (bicyclic) bond motifs is 1. The topological polar surface area (TPSA) is 41.1 Å². The Balaban J connectivity index is 1.62. The number of nitrogens with zero attached hydrogens (tertiary/aromatic N) is 3. The van der Waals surface area contributed by atoms with Crippen molar-refractivity contribution in [2.45, 2.75) is 26.3 Å². The molecule has 1 aliphatic heterocycles. The zero-order valence-electron chi connectivity index (χ0n) is 12.5. The molecule has 0 radical (unpaired) electrons. The van der Waals surface area contributed by atoms with E-state index < -0.39 is 0 Å². The van der Waals surface area contributed by atoms with Gasteiger partial charge in [0.05, 0.1) is 5.69 Å². The van der Waals surface area contributed by atoms with Gasteiger partial charge in [0.15, 0.2) is 0 Å². The molecule has 0 unspecified atom stereocenters. The maximum absolute atomic E-state index is 4.35. The summed E-state index contributed by atoms with van der Waals surface area (Å²) in [5, 5.41) is 11.8. The van der Waals surface area contributed by atoms with Crippen LogP contribution in [0.1, 0.15) is 23.7 Å². The molecule has 4 nitrogen and oxygen atoms in total. The smallest absolute Gasteiger partial charge is 0.148 e. The van der Waals surface area contributed by atoms with Crippen LogP contribution in [0.25, 0.3) is 0 Å². The highest BCUT2D eigenvalue weighted by molar-refractivity contribution is 5.38. The van der Waals surface area contributed by atoms with Crippen LogP contribution in [-0.4, -0.2) is 34.7 Å². The van der Waals surface area contributed by atoms with E-state index >= 15 is 0 Å². The molecule has 1 aromatic heterocycles. The van der Waals surface area contributed by atoms with Crippen molar-refractivity contribution in [2.75, 3.05) is 25.0 Å². The van der Waals surface area contributed by atoms with E-state index in [0.717, 1.165) is 50.5 Å². The summed E-state index contributed by atoms with van der Waals surface area (Å²) in [6.45, 7) is 6.12. The molecular formula is C17H22N4. The fourth-order valence-corrected chi connectivity index (χ4v) is 2.78. The average Bonchev–Trinajstić information content (AvgIpc) is 2.54. The van der Waals surface area contributed by atoms with Crippen molar-refractivity contribution in [2.24, 2.45) is 0 Å². The van der Waals surface area contributed by atoms with Crippen molar-refractivity contribution in [3.05, 3.63) is 53.2 Å². The number of anilines is 1. The Morgan fingerprint density at radius 2 is 2.05 bits per heavy atom. The second kappa shape index (κ2) is 6.68. The highest BCUT2D eigenvalue weighted by Crippen LogP contribution is 2.19. The molecule has 0 spiro atoms. The molecule has 0 atom stereocenters. The molecule has 0 fully saturated rings. The van der Waals surface area contributed by atoms with Gasteiger partial charge in [-0.1, -0.05) is 30.3 Å². The van der Waals surface area contributed by atoms with Crippen LogP contribution in [0.4, 0.5) is 5.82 Å². The highest BCUT2D eigenvalue weighted by atomic mass is 15.2. The molecule has 2 heterocycles. The Morgan fingerprint density at radius 1 is 1.19 bits per heavy atom. The first-order valence-corrected chi connectivity index (χ1v) is 7.71. The number of aromatic nitrogens is 2. The van der Waals surface area contributed by atoms with E-state index in [-0.39, 0.29) is 0 Å². The summed E-state index contributed by atoms with van der Waals surface area (Å²) in [6.07, 6.45) is 2.11. The predicted molar refractivity (Wildman–Crippen MR) is 85.3 cm³/mol. The van der Waals surface area contributed by atoms with E-state index in [0.29, 0.717) is 0 Å². The van der Waals surface area contributed by atoms with Crippen molar-refractivity contribution >= 4 is 5.82 Å². The maximum Gasteiger partial charge on any atom is 0.148 e. The van der Waals surface area contributed by atoms with Crippen LogP contribution in [0.5, 0.6) is 0 Å². The van der Waals surface area contributed by atoms with E-state index in [1.165, 1.54) is 11.1 Å². The van der Waals surface area contributed by atoms with E-state index in [9.17, 15) is 0 Å². The standard InChI is InChI=1S/C17H22N4/c1-2-18-17-12-15-13-21(11-9-16(15)19-20-17)10-8-14-6-4-3-5-7-14/h3-7,12H,2,8-11,13H2,1H3,(H,18,20). The van der Waals surface area contributed by atoms with Crippen molar-refractivity contribution in [3.8, 4) is 0 Å². The van der Waals surface area contributed by atoms with Gasteiger partial charge in [-0.05, 0) is 30.5 Å². The van der Waals surface area contributed by atoms with Crippen LogP contribution in [0.2, 0.25) is 0 Å². The summed E-state index contributed by atoms with van der Waals surface area (Å²) >= 11 is 0. The van der Waals surface area contributed by atoms with Crippen LogP contribution in [0.15, 0.2) is 36.4 Å². The van der Waals surface area contributed by atoms with Gasteiger partial charge in [-0.25, -0.2) is 0 Å². The van der Waals surface area contributed by atoms with E-state index in [1.54, 1.807) is 0 Å². The molecule has 4 heteroatoms. The summed E-state index contributed by atoms with van der Waals surface area (Å²) in [5.74, 6) is 0.890. The minimum Gasteiger partial charge on any atom is -0.369 e. The average molecular weight is 282 g/mol. The Labute approximate surface area is 126 Å². The third-order valence-corrected chi connectivity index (χ3v) is 3.94. The number of rotatable bonds is 5. The van der Waals surface area contributed by atoms with Gasteiger partial charge in [-0.15, -0.1) is 5.10 Å². The lowest BCUT2D eigenvalue weighted by molar-refractivity contribution is 0.254. The zero-order chi connectivity index (χ0) is 14.5. The van der Waals surface area contributed by atoms with Crippen LogP contribution in [0, 0.1) is 0 Å². The third-order valence-electron chi connectivity index (χ3n) is 3.94. The van der Waals surface area contributed by atoms with Crippen LogP contribution < -0.4 is 5.32 Å². The molecule has 3 rings (SSSR count). The molecule has 0 bridgehead atoms. The predicted octanol–water partition coefficient (Wildman–Crippen LogP) is 2.51. The zero-order valence-corrected chi connectivity index (χ0v) is 12.5. The summed E-state index contributed by atoms with van der Waals surface area (Å²) in [5.41, 5.74) is 3.89. The number of hydrogen-bond acceptors (Lipinski definition) is 4. The number of benzene rings is 1. The molecular weight excluding hydrogens is 260 g/mol. The fourth-order valence-electron chi connectivity index (χ4n) is 2.78. The van der Waals surface area contributed by atoms with Crippen molar-refractivity contribution < 1.29 is 0 Å². The Hall–Kier alpha value is -1.94. The molecule has 21 heavy (non-hydrogen) atoms. The van der Waals surface area contributed by atoms with E-state index in [2.05, 4.69) is 63.7 Å². The normalized spacial score (nSPS) is 14.7. The van der Waals surface area contributed by atoms with E-state index in [4.69, 9.17) is 0 Å². The third kappa shape index (κ3) is 3.58. The summed E-state index contributed by atoms with van der Waals surface area (Å²) < 4.78 is 0. The van der Waals surface area contributed by atoms with Crippen LogP contribution in [-0.2, 0) is 19.4 Å². The Bertz CT molecular complexity index is 583. The Morgan fingerprint density at radius 3 is 2.86 bits per heavy atom. The summed E-state index contributed by atoms with van der Waals surface area (Å²) in [4.78, 5) is 2.51. The van der Waals surface area contributed by atoms with Gasteiger partial charge in [0.1, 0.15) is 5.82 Å². The van der Waals surface area contributed by atoms with Crippen molar-refractivity contribution in [3.63, 3.8) is 0 Å². The van der Waals surface area contributed by atoms with Gasteiger partial charge in [0.2, 0.25) is 0 Å². The Kier molecular flexibility index (Phi) is 4.46. The molecule has 1 aliphatic rings. The second-order valence-corrected chi connectivity index (χ2v) is 5.49. The quantitative estimate of drug-likeness (QED) is 0.915. The van der Waals surface area contributed by atoms with Gasteiger partial charge >= 0.3 is 0 Å². The lowest BCUT2D eigenvalue weighted by atomic mass is 10.1. The largest absolute Gasteiger partial charge is 0.369 e. The van der Waals surface area contributed by atoms with Crippen LogP contribution >= 0.6 is 0 Å². The number of hydrogen-bond donors (Lipinski definition) is 1. The van der Waals surface area contributed by atoms with Gasteiger partial charge < -0.3 is 5.32 Å². The minimum atomic E-state index is 0.880. The minimum absolute atomic E-state index is 0.880. The monoisotopic (exact) mass is 282 g/mol. The molecule has 0 amide bonds. The van der Waals surface area contributed by atoms with Gasteiger partial charge in [0.25, 0.3) is 0 Å². The van der Waals surface area contributed by atoms with Crippen molar-refractivity contribution in [1.82, 2.24) is 15.1 Å². The SMILES string of the molecule is CCNc1cc2c(nn1)CCN(CCc1ccccc1)C2. The van der Waals surface area contributed by atoms with Gasteiger partial charge in [-0.3, -0.25) is 4.90 Å². The molecule has 0 aliphatic carbocycles. The summed E-state index contributed by atoms with van der Waals surface area (Å²) in [6, 6.07) is 12.8. The first-order valence-electron chi connectivity index (χ1n) is 7.71. The van der Waals surface area contributed by atoms with Gasteiger partial charge in [0, 0.05) is 32.6 Å². The molecule has 1 aromatic carbocycles. The fraction of sp³-hybridized carbons (Fsp3) is 0.412. The summed E-state index contributed by atoms with van der Waals surface area (Å²) in [7, 11) is 0. The molecule has 0 saturated carbocycles. The van der Waals surface area contributed by atoms with Crippen LogP contribution in [0.3, 0.4) is 0 Å². The van der Waals surface area contributed by atoms with Crippen molar-refractivity contribution in [1.29, 1.82) is 0 Å². The maximum atomic E-state index is 4.35. The highest BCUT2D eigenvalue weighted by Gasteiger charge is 2.18. The first kappa shape index (κ1) is 14.0. The van der Waals surface area contributed by atoms with E-state index in [1.807, 2.05) is 0 Å². The second-order valence-electron chi connectivity index (χ2n) is 5.49. The van der Waals surface area contributed by atoms with Gasteiger partial charge in [-0.2, -0.15) is 5.10 Å². The molecule has 0 saturated heterocycles. The lowest BCUT2D eigenvalue weighted by Gasteiger charge is -2.28. The molecule has 110 valence electrons. The molecule has 2 aromatic rings. The first-order chi connectivity index (χ1) is 10.3. The number of nitrogens with one attached hydrogen (secondary N) is 1.